The SMILES string of the molecule is CCOc1ccc(Nc2ccc(Cl)cc2C(=O)NC(Cc2ccc(-c3ccccc3Oc3ccccc3)cc2)C(=O)O)cc1. The molecule has 0 spiro atoms. The number of carboxylic acid groups (broad SMARTS) is 1. The van der Waals surface area contributed by atoms with Gasteiger partial charge in [0, 0.05) is 22.7 Å². The number of benzene rings is 5. The monoisotopic (exact) mass is 606 g/mol. The van der Waals surface area contributed by atoms with E-state index in [9.17, 15) is 14.7 Å². The molecule has 0 bridgehead atoms. The summed E-state index contributed by atoms with van der Waals surface area (Å²) in [6, 6.07) is 35.8. The van der Waals surface area contributed by atoms with Crippen molar-refractivity contribution >= 4 is 34.9 Å². The van der Waals surface area contributed by atoms with Crippen LogP contribution in [0.2, 0.25) is 5.02 Å². The first-order valence-corrected chi connectivity index (χ1v) is 14.5. The molecule has 1 unspecified atom stereocenters. The molecule has 5 aromatic carbocycles. The molecule has 0 aliphatic carbocycles. The molecule has 44 heavy (non-hydrogen) atoms. The van der Waals surface area contributed by atoms with Gasteiger partial charge in [0.25, 0.3) is 5.91 Å². The normalized spacial score (nSPS) is 11.3. The van der Waals surface area contributed by atoms with Crippen molar-refractivity contribution in [2.24, 2.45) is 0 Å². The van der Waals surface area contributed by atoms with Gasteiger partial charge < -0.3 is 25.2 Å². The number of nitrogens with one attached hydrogen (secondary N) is 2. The lowest BCUT2D eigenvalue weighted by molar-refractivity contribution is -0.139. The van der Waals surface area contributed by atoms with Gasteiger partial charge in [-0.05, 0) is 78.7 Å². The van der Waals surface area contributed by atoms with E-state index in [2.05, 4.69) is 10.6 Å². The number of ether oxygens (including phenoxy) is 2. The Morgan fingerprint density at radius 1 is 0.818 bits per heavy atom. The average molecular weight is 607 g/mol. The van der Waals surface area contributed by atoms with Gasteiger partial charge in [0.2, 0.25) is 0 Å². The van der Waals surface area contributed by atoms with E-state index in [4.69, 9.17) is 21.1 Å². The van der Waals surface area contributed by atoms with Gasteiger partial charge in [0.1, 0.15) is 23.3 Å². The lowest BCUT2D eigenvalue weighted by Crippen LogP contribution is -2.42. The molecule has 0 saturated heterocycles. The third kappa shape index (κ3) is 7.76. The summed E-state index contributed by atoms with van der Waals surface area (Å²) in [7, 11) is 0. The maximum atomic E-state index is 13.4. The topological polar surface area (TPSA) is 96.9 Å². The van der Waals surface area contributed by atoms with Crippen LogP contribution in [0.3, 0.4) is 0 Å². The van der Waals surface area contributed by atoms with Gasteiger partial charge in [0.05, 0.1) is 17.9 Å². The largest absolute Gasteiger partial charge is 0.494 e. The number of hydrogen-bond acceptors (Lipinski definition) is 5. The van der Waals surface area contributed by atoms with Crippen LogP contribution in [0.4, 0.5) is 11.4 Å². The number of para-hydroxylation sites is 2. The smallest absolute Gasteiger partial charge is 0.326 e. The number of anilines is 2. The van der Waals surface area contributed by atoms with E-state index in [1.807, 2.05) is 110 Å². The Morgan fingerprint density at radius 2 is 1.52 bits per heavy atom. The highest BCUT2D eigenvalue weighted by molar-refractivity contribution is 6.31. The van der Waals surface area contributed by atoms with E-state index in [0.717, 1.165) is 33.9 Å². The number of rotatable bonds is 12. The van der Waals surface area contributed by atoms with Crippen LogP contribution in [0, 0.1) is 0 Å². The highest BCUT2D eigenvalue weighted by atomic mass is 35.5. The molecular weight excluding hydrogens is 576 g/mol. The minimum atomic E-state index is -1.17. The van der Waals surface area contributed by atoms with Crippen molar-refractivity contribution in [3.05, 3.63) is 137 Å². The van der Waals surface area contributed by atoms with Crippen LogP contribution >= 0.6 is 11.6 Å². The van der Waals surface area contributed by atoms with E-state index in [1.165, 1.54) is 6.07 Å². The molecule has 7 nitrogen and oxygen atoms in total. The van der Waals surface area contributed by atoms with Gasteiger partial charge in [-0.2, -0.15) is 0 Å². The molecule has 0 aromatic heterocycles. The fourth-order valence-electron chi connectivity index (χ4n) is 4.67. The average Bonchev–Trinajstić information content (AvgIpc) is 3.04. The summed E-state index contributed by atoms with van der Waals surface area (Å²) in [5.74, 6) is 0.464. The first-order valence-electron chi connectivity index (χ1n) is 14.1. The Labute approximate surface area is 261 Å². The van der Waals surface area contributed by atoms with Crippen LogP contribution in [0.1, 0.15) is 22.8 Å². The molecule has 0 fully saturated rings. The first-order chi connectivity index (χ1) is 21.4. The molecule has 0 heterocycles. The fraction of sp³-hybridized carbons (Fsp3) is 0.111. The lowest BCUT2D eigenvalue weighted by Gasteiger charge is -2.18. The van der Waals surface area contributed by atoms with Crippen molar-refractivity contribution in [3.8, 4) is 28.4 Å². The number of hydrogen-bond donors (Lipinski definition) is 3. The lowest BCUT2D eigenvalue weighted by atomic mass is 9.99. The Bertz CT molecular complexity index is 1720. The molecule has 222 valence electrons. The summed E-state index contributed by atoms with van der Waals surface area (Å²) in [5.41, 5.74) is 4.01. The predicted molar refractivity (Wildman–Crippen MR) is 173 cm³/mol. The van der Waals surface area contributed by atoms with Crippen molar-refractivity contribution in [2.45, 2.75) is 19.4 Å². The van der Waals surface area contributed by atoms with Crippen molar-refractivity contribution in [1.82, 2.24) is 5.32 Å². The molecule has 1 atom stereocenters. The molecular formula is C36H31ClN2O5. The zero-order chi connectivity index (χ0) is 30.9. The van der Waals surface area contributed by atoms with Gasteiger partial charge in [-0.25, -0.2) is 4.79 Å². The number of aliphatic carboxylic acids is 1. The number of amides is 1. The summed E-state index contributed by atoms with van der Waals surface area (Å²) in [6.07, 6.45) is 0.0890. The van der Waals surface area contributed by atoms with E-state index >= 15 is 0 Å². The van der Waals surface area contributed by atoms with Crippen molar-refractivity contribution in [1.29, 1.82) is 0 Å². The van der Waals surface area contributed by atoms with Crippen molar-refractivity contribution in [2.75, 3.05) is 11.9 Å². The van der Waals surface area contributed by atoms with Crippen molar-refractivity contribution in [3.63, 3.8) is 0 Å². The summed E-state index contributed by atoms with van der Waals surface area (Å²) in [6.45, 7) is 2.47. The van der Waals surface area contributed by atoms with E-state index in [-0.39, 0.29) is 12.0 Å². The van der Waals surface area contributed by atoms with Gasteiger partial charge >= 0.3 is 5.97 Å². The molecule has 0 aliphatic rings. The molecule has 0 saturated carbocycles. The summed E-state index contributed by atoms with van der Waals surface area (Å²) >= 11 is 6.22. The Balaban J connectivity index is 1.30. The third-order valence-electron chi connectivity index (χ3n) is 6.84. The van der Waals surface area contributed by atoms with Crippen LogP contribution in [0.5, 0.6) is 17.2 Å². The van der Waals surface area contributed by atoms with E-state index in [0.29, 0.717) is 23.1 Å². The number of carbonyl (C=O) groups is 2. The Kier molecular flexibility index (Phi) is 9.79. The highest BCUT2D eigenvalue weighted by Crippen LogP contribution is 2.33. The van der Waals surface area contributed by atoms with Gasteiger partial charge in [-0.3, -0.25) is 4.79 Å². The molecule has 8 heteroatoms. The maximum Gasteiger partial charge on any atom is 0.326 e. The van der Waals surface area contributed by atoms with E-state index in [1.54, 1.807) is 12.1 Å². The highest BCUT2D eigenvalue weighted by Gasteiger charge is 2.23. The maximum absolute atomic E-state index is 13.4. The summed E-state index contributed by atoms with van der Waals surface area (Å²) in [5, 5.41) is 16.2. The van der Waals surface area contributed by atoms with Crippen LogP contribution < -0.4 is 20.1 Å². The number of carboxylic acids is 1. The van der Waals surface area contributed by atoms with Gasteiger partial charge in [0.15, 0.2) is 0 Å². The van der Waals surface area contributed by atoms with Gasteiger partial charge in [-0.15, -0.1) is 0 Å². The van der Waals surface area contributed by atoms with Crippen LogP contribution in [-0.4, -0.2) is 29.6 Å². The minimum absolute atomic E-state index is 0.0890. The zero-order valence-corrected chi connectivity index (χ0v) is 24.8. The first kappa shape index (κ1) is 30.2. The fourth-order valence-corrected chi connectivity index (χ4v) is 4.84. The second kappa shape index (κ2) is 14.3. The number of halogens is 1. The molecule has 5 aromatic rings. The molecule has 5 rings (SSSR count). The quantitative estimate of drug-likeness (QED) is 0.132. The second-order valence-electron chi connectivity index (χ2n) is 9.95. The zero-order valence-electron chi connectivity index (χ0n) is 24.0. The Morgan fingerprint density at radius 3 is 2.23 bits per heavy atom. The molecule has 1 amide bonds. The predicted octanol–water partition coefficient (Wildman–Crippen LogP) is 8.37. The summed E-state index contributed by atoms with van der Waals surface area (Å²) in [4.78, 5) is 25.6. The summed E-state index contributed by atoms with van der Waals surface area (Å²) < 4.78 is 11.6. The molecule has 3 N–H and O–H groups in total. The number of carbonyl (C=O) groups excluding carboxylic acids is 1. The van der Waals surface area contributed by atoms with Crippen LogP contribution in [0.25, 0.3) is 11.1 Å². The molecule has 0 aliphatic heterocycles. The van der Waals surface area contributed by atoms with Gasteiger partial charge in [-0.1, -0.05) is 72.3 Å². The van der Waals surface area contributed by atoms with Crippen molar-refractivity contribution < 1.29 is 24.2 Å². The molecule has 0 radical (unpaired) electrons. The van der Waals surface area contributed by atoms with E-state index < -0.39 is 17.9 Å². The third-order valence-corrected chi connectivity index (χ3v) is 7.07. The second-order valence-corrected chi connectivity index (χ2v) is 10.4. The Hall–Kier alpha value is -5.27. The van der Waals surface area contributed by atoms with Crippen LogP contribution in [0.15, 0.2) is 121 Å². The standard InChI is InChI=1S/C36H31ClN2O5/c1-2-43-28-19-17-27(18-20-28)38-32-21-16-26(37)23-31(32)35(40)39-33(36(41)42)22-24-12-14-25(15-13-24)30-10-6-7-11-34(30)44-29-8-4-3-5-9-29/h3-21,23,33,38H,2,22H2,1H3,(H,39,40)(H,41,42). The minimum Gasteiger partial charge on any atom is -0.494 e. The van der Waals surface area contributed by atoms with Crippen LogP contribution in [-0.2, 0) is 11.2 Å².